The molecule has 1 aliphatic heterocycles. The van der Waals surface area contributed by atoms with E-state index in [1.165, 1.54) is 12.1 Å². The van der Waals surface area contributed by atoms with Gasteiger partial charge in [0.1, 0.15) is 0 Å². The van der Waals surface area contributed by atoms with E-state index in [2.05, 4.69) is 10.2 Å². The number of hydrogen-bond acceptors (Lipinski definition) is 3. The molecule has 0 aliphatic carbocycles. The lowest BCUT2D eigenvalue weighted by atomic mass is 10.1. The van der Waals surface area contributed by atoms with Crippen LogP contribution in [0.25, 0.3) is 0 Å². The van der Waals surface area contributed by atoms with Crippen molar-refractivity contribution >= 4 is 17.3 Å². The van der Waals surface area contributed by atoms with Gasteiger partial charge < -0.3 is 15.3 Å². The summed E-state index contributed by atoms with van der Waals surface area (Å²) in [6, 6.07) is 10.7. The van der Waals surface area contributed by atoms with E-state index >= 15 is 0 Å². The first-order chi connectivity index (χ1) is 11.6. The van der Waals surface area contributed by atoms with Gasteiger partial charge in [0.05, 0.1) is 23.0 Å². The average Bonchev–Trinajstić information content (AvgIpc) is 2.58. The molecule has 0 unspecified atom stereocenters. The first kappa shape index (κ1) is 16.4. The molecule has 4 nitrogen and oxygen atoms in total. The minimum absolute atomic E-state index is 0.301. The third-order valence-electron chi connectivity index (χ3n) is 4.15. The zero-order valence-electron chi connectivity index (χ0n) is 13.0. The molecule has 0 aromatic heterocycles. The van der Waals surface area contributed by atoms with Crippen molar-refractivity contribution in [2.75, 3.05) is 23.3 Å². The van der Waals surface area contributed by atoms with E-state index in [4.69, 9.17) is 0 Å². The minimum Gasteiger partial charge on any atom is -0.393 e. The van der Waals surface area contributed by atoms with Crippen LogP contribution in [0.3, 0.4) is 0 Å². The van der Waals surface area contributed by atoms with E-state index in [-0.39, 0.29) is 11.7 Å². The van der Waals surface area contributed by atoms with Crippen LogP contribution in [0.5, 0.6) is 0 Å². The topological polar surface area (TPSA) is 52.6 Å². The van der Waals surface area contributed by atoms with Crippen LogP contribution in [0.15, 0.2) is 42.5 Å². The molecule has 0 bridgehead atoms. The monoisotopic (exact) mass is 332 g/mol. The summed E-state index contributed by atoms with van der Waals surface area (Å²) in [5, 5.41) is 12.3. The standard InChI is InChI=1S/C18H18F2N2O2/c19-14-5-3-4-13(17(14)20)18(24)21-15-6-1-2-7-16(15)22-10-8-12(23)9-11-22/h1-7,12,23H,8-11H2,(H,21,24). The third-order valence-corrected chi connectivity index (χ3v) is 4.15. The van der Waals surface area contributed by atoms with Gasteiger partial charge in [-0.2, -0.15) is 0 Å². The highest BCUT2D eigenvalue weighted by atomic mass is 19.2. The third kappa shape index (κ3) is 3.38. The van der Waals surface area contributed by atoms with Gasteiger partial charge in [0.2, 0.25) is 0 Å². The van der Waals surface area contributed by atoms with Gasteiger partial charge in [-0.25, -0.2) is 8.78 Å². The van der Waals surface area contributed by atoms with Crippen molar-refractivity contribution < 1.29 is 18.7 Å². The van der Waals surface area contributed by atoms with Gasteiger partial charge in [0.25, 0.3) is 5.91 Å². The summed E-state index contributed by atoms with van der Waals surface area (Å²) in [6.07, 6.45) is 1.01. The molecule has 0 spiro atoms. The van der Waals surface area contributed by atoms with Gasteiger partial charge in [-0.05, 0) is 37.1 Å². The van der Waals surface area contributed by atoms with Crippen LogP contribution in [0.4, 0.5) is 20.2 Å². The molecule has 2 aromatic carbocycles. The molecule has 1 amide bonds. The zero-order valence-corrected chi connectivity index (χ0v) is 13.0. The molecule has 1 fully saturated rings. The van der Waals surface area contributed by atoms with Gasteiger partial charge >= 0.3 is 0 Å². The molecule has 24 heavy (non-hydrogen) atoms. The Hall–Kier alpha value is -2.47. The molecular formula is C18H18F2N2O2. The number of aliphatic hydroxyl groups excluding tert-OH is 1. The lowest BCUT2D eigenvalue weighted by Crippen LogP contribution is -2.36. The summed E-state index contributed by atoms with van der Waals surface area (Å²) in [4.78, 5) is 14.4. The van der Waals surface area contributed by atoms with Crippen molar-refractivity contribution in [3.8, 4) is 0 Å². The van der Waals surface area contributed by atoms with Crippen molar-refractivity contribution in [3.05, 3.63) is 59.7 Å². The fourth-order valence-corrected chi connectivity index (χ4v) is 2.83. The highest BCUT2D eigenvalue weighted by Gasteiger charge is 2.21. The van der Waals surface area contributed by atoms with Gasteiger partial charge in [-0.1, -0.05) is 18.2 Å². The molecule has 0 saturated carbocycles. The number of nitrogens with one attached hydrogen (secondary N) is 1. The smallest absolute Gasteiger partial charge is 0.258 e. The van der Waals surface area contributed by atoms with Crippen LogP contribution in [0.1, 0.15) is 23.2 Å². The summed E-state index contributed by atoms with van der Waals surface area (Å²) >= 11 is 0. The van der Waals surface area contributed by atoms with Crippen LogP contribution in [0.2, 0.25) is 0 Å². The molecule has 0 radical (unpaired) electrons. The first-order valence-electron chi connectivity index (χ1n) is 7.83. The molecule has 1 saturated heterocycles. The van der Waals surface area contributed by atoms with Gasteiger partial charge in [-0.15, -0.1) is 0 Å². The van der Waals surface area contributed by atoms with E-state index in [1.54, 1.807) is 12.1 Å². The van der Waals surface area contributed by atoms with E-state index in [0.29, 0.717) is 31.6 Å². The summed E-state index contributed by atoms with van der Waals surface area (Å²) in [7, 11) is 0. The largest absolute Gasteiger partial charge is 0.393 e. The van der Waals surface area contributed by atoms with E-state index < -0.39 is 17.5 Å². The predicted octanol–water partition coefficient (Wildman–Crippen LogP) is 3.18. The molecule has 1 aliphatic rings. The summed E-state index contributed by atoms with van der Waals surface area (Å²) in [6.45, 7) is 1.34. The molecule has 6 heteroatoms. The van der Waals surface area contributed by atoms with E-state index in [9.17, 15) is 18.7 Å². The minimum atomic E-state index is -1.16. The Labute approximate surface area is 138 Å². The van der Waals surface area contributed by atoms with Crippen LogP contribution in [-0.2, 0) is 0 Å². The Bertz CT molecular complexity index is 744. The fourth-order valence-electron chi connectivity index (χ4n) is 2.83. The Morgan fingerprint density at radius 1 is 1.08 bits per heavy atom. The van der Waals surface area contributed by atoms with Crippen molar-refractivity contribution in [3.63, 3.8) is 0 Å². The first-order valence-corrected chi connectivity index (χ1v) is 7.83. The SMILES string of the molecule is O=C(Nc1ccccc1N1CCC(O)CC1)c1cccc(F)c1F. The van der Waals surface area contributed by atoms with Gasteiger partial charge in [0, 0.05) is 13.1 Å². The van der Waals surface area contributed by atoms with Crippen LogP contribution >= 0.6 is 0 Å². The molecular weight excluding hydrogens is 314 g/mol. The van der Waals surface area contributed by atoms with E-state index in [1.807, 2.05) is 12.1 Å². The predicted molar refractivity (Wildman–Crippen MR) is 88.2 cm³/mol. The number of hydrogen-bond donors (Lipinski definition) is 2. The maximum atomic E-state index is 13.8. The van der Waals surface area contributed by atoms with Crippen molar-refractivity contribution in [2.24, 2.45) is 0 Å². The second kappa shape index (κ2) is 6.97. The van der Waals surface area contributed by atoms with Crippen LogP contribution < -0.4 is 10.2 Å². The van der Waals surface area contributed by atoms with Crippen molar-refractivity contribution in [1.29, 1.82) is 0 Å². The number of nitrogens with zero attached hydrogens (tertiary/aromatic N) is 1. The number of anilines is 2. The highest BCUT2D eigenvalue weighted by Crippen LogP contribution is 2.29. The van der Waals surface area contributed by atoms with Crippen molar-refractivity contribution in [2.45, 2.75) is 18.9 Å². The molecule has 0 atom stereocenters. The summed E-state index contributed by atoms with van der Waals surface area (Å²) in [5.41, 5.74) is 0.996. The average molecular weight is 332 g/mol. The second-order valence-corrected chi connectivity index (χ2v) is 5.79. The maximum Gasteiger partial charge on any atom is 0.258 e. The number of carbonyl (C=O) groups excluding carboxylic acids is 1. The number of amides is 1. The maximum absolute atomic E-state index is 13.8. The van der Waals surface area contributed by atoms with Crippen LogP contribution in [-0.4, -0.2) is 30.2 Å². The van der Waals surface area contributed by atoms with Gasteiger partial charge in [-0.3, -0.25) is 4.79 Å². The molecule has 2 aromatic rings. The van der Waals surface area contributed by atoms with E-state index in [0.717, 1.165) is 11.8 Å². The molecule has 3 rings (SSSR count). The number of aliphatic hydroxyl groups is 1. The number of piperidine rings is 1. The number of carbonyl (C=O) groups is 1. The lowest BCUT2D eigenvalue weighted by molar-refractivity contribution is 0.102. The van der Waals surface area contributed by atoms with Gasteiger partial charge in [0.15, 0.2) is 11.6 Å². The lowest BCUT2D eigenvalue weighted by Gasteiger charge is -2.32. The molecule has 126 valence electrons. The fraction of sp³-hybridized carbons (Fsp3) is 0.278. The molecule has 1 heterocycles. The van der Waals surface area contributed by atoms with Crippen molar-refractivity contribution in [1.82, 2.24) is 0 Å². The highest BCUT2D eigenvalue weighted by molar-refractivity contribution is 6.06. The zero-order chi connectivity index (χ0) is 17.1. The quantitative estimate of drug-likeness (QED) is 0.908. The number of benzene rings is 2. The molecule has 2 N–H and O–H groups in total. The number of para-hydroxylation sites is 2. The Balaban J connectivity index is 1.83. The van der Waals surface area contributed by atoms with Crippen LogP contribution in [0, 0.1) is 11.6 Å². The Kier molecular flexibility index (Phi) is 4.76. The Morgan fingerprint density at radius 3 is 2.54 bits per heavy atom. The second-order valence-electron chi connectivity index (χ2n) is 5.79. The number of halogens is 2. The summed E-state index contributed by atoms with van der Waals surface area (Å²) in [5.74, 6) is -2.91. The summed E-state index contributed by atoms with van der Waals surface area (Å²) < 4.78 is 27.1. The number of rotatable bonds is 3. The Morgan fingerprint density at radius 2 is 1.79 bits per heavy atom. The normalized spacial score (nSPS) is 15.4.